The van der Waals surface area contributed by atoms with Gasteiger partial charge in [0.25, 0.3) is 5.91 Å². The molecule has 2 rings (SSSR count). The molecule has 0 spiro atoms. The van der Waals surface area contributed by atoms with Gasteiger partial charge in [0, 0.05) is 22.9 Å². The zero-order valence-corrected chi connectivity index (χ0v) is 10.5. The van der Waals surface area contributed by atoms with Crippen molar-refractivity contribution >= 4 is 29.4 Å². The van der Waals surface area contributed by atoms with Crippen LogP contribution in [0, 0.1) is 0 Å². The molecule has 0 amide bonds. The van der Waals surface area contributed by atoms with Gasteiger partial charge in [-0.2, -0.15) is 4.98 Å². The summed E-state index contributed by atoms with van der Waals surface area (Å²) >= 11 is 5.46. The van der Waals surface area contributed by atoms with Crippen molar-refractivity contribution in [1.29, 1.82) is 0 Å². The number of rotatable bonds is 2. The predicted molar refractivity (Wildman–Crippen MR) is 74.0 cm³/mol. The quantitative estimate of drug-likeness (QED) is 0.905. The molecule has 5 nitrogen and oxygen atoms in total. The number of carbonyl (C=O) groups is 1. The largest absolute Gasteiger partial charge is 0.383 e. The van der Waals surface area contributed by atoms with E-state index in [4.69, 9.17) is 17.3 Å². The smallest absolute Gasteiger partial charge is 0.356 e. The van der Waals surface area contributed by atoms with E-state index in [-0.39, 0.29) is 5.82 Å². The molecule has 0 radical (unpaired) electrons. The number of nitrogens with zero attached hydrogens (tertiary/aromatic N) is 2. The van der Waals surface area contributed by atoms with Crippen molar-refractivity contribution in [2.24, 2.45) is 0 Å². The summed E-state index contributed by atoms with van der Waals surface area (Å²) in [6, 6.07) is 8.43. The third-order valence-electron chi connectivity index (χ3n) is 2.47. The molecule has 0 fully saturated rings. The second kappa shape index (κ2) is 5.49. The number of nitrogen functional groups attached to an aromatic ring is 1. The minimum Gasteiger partial charge on any atom is -0.383 e. The van der Waals surface area contributed by atoms with Crippen molar-refractivity contribution in [2.45, 2.75) is 0 Å². The third kappa shape index (κ3) is 2.71. The van der Waals surface area contributed by atoms with E-state index in [1.165, 1.54) is 17.8 Å². The molecule has 0 aliphatic rings. The first-order valence-corrected chi connectivity index (χ1v) is 5.83. The summed E-state index contributed by atoms with van der Waals surface area (Å²) in [7, 11) is 0. The summed E-state index contributed by atoms with van der Waals surface area (Å²) < 4.78 is 0.901. The Morgan fingerprint density at radius 1 is 1.32 bits per heavy atom. The topological polar surface area (TPSA) is 78.0 Å². The summed E-state index contributed by atoms with van der Waals surface area (Å²) in [5, 5.41) is 0. The molecule has 0 saturated carbocycles. The van der Waals surface area contributed by atoms with E-state index >= 15 is 0 Å². The maximum Gasteiger partial charge on any atom is 0.356 e. The third-order valence-corrected chi connectivity index (χ3v) is 2.59. The van der Waals surface area contributed by atoms with Crippen LogP contribution in [0.5, 0.6) is 0 Å². The van der Waals surface area contributed by atoms with Gasteiger partial charge in [0.15, 0.2) is 0 Å². The first-order valence-electron chi connectivity index (χ1n) is 5.39. The van der Waals surface area contributed by atoms with Gasteiger partial charge in [0.05, 0.1) is 0 Å². The lowest BCUT2D eigenvalue weighted by molar-refractivity contribution is 0.0954. The molecule has 0 aliphatic heterocycles. The average Bonchev–Trinajstić information content (AvgIpc) is 2.42. The number of carbonyl (C=O) groups excluding carboxylic acids is 1. The fourth-order valence-electron chi connectivity index (χ4n) is 1.54. The van der Waals surface area contributed by atoms with E-state index in [9.17, 15) is 9.59 Å². The van der Waals surface area contributed by atoms with E-state index in [1.54, 1.807) is 30.3 Å². The molecule has 0 aliphatic carbocycles. The number of aromatic nitrogens is 2. The van der Waals surface area contributed by atoms with Crippen LogP contribution in [0.3, 0.4) is 0 Å². The van der Waals surface area contributed by atoms with Gasteiger partial charge in [-0.3, -0.25) is 4.79 Å². The molecule has 1 aromatic carbocycles. The van der Waals surface area contributed by atoms with E-state index in [2.05, 4.69) is 4.98 Å². The van der Waals surface area contributed by atoms with Crippen LogP contribution >= 0.6 is 11.6 Å². The van der Waals surface area contributed by atoms with Gasteiger partial charge in [0.1, 0.15) is 5.82 Å². The van der Waals surface area contributed by atoms with Gasteiger partial charge in [-0.1, -0.05) is 29.8 Å². The summed E-state index contributed by atoms with van der Waals surface area (Å²) in [6.07, 6.45) is 2.77. The van der Waals surface area contributed by atoms with Crippen molar-refractivity contribution in [3.8, 4) is 0 Å². The standard InChI is InChI=1S/C13H10ClN3O2/c14-7-6-10-8-17(13(19)16-11(10)15)12(18)9-4-2-1-3-5-9/h1-8H,(H2,15,16,19). The van der Waals surface area contributed by atoms with E-state index in [0.717, 1.165) is 4.57 Å². The molecular weight excluding hydrogens is 266 g/mol. The number of anilines is 1. The molecule has 0 saturated heterocycles. The van der Waals surface area contributed by atoms with Crippen LogP contribution in [0.25, 0.3) is 6.08 Å². The second-order valence-electron chi connectivity index (χ2n) is 3.70. The summed E-state index contributed by atoms with van der Waals surface area (Å²) in [4.78, 5) is 27.5. The highest BCUT2D eigenvalue weighted by Gasteiger charge is 2.12. The predicted octanol–water partition coefficient (Wildman–Crippen LogP) is 1.72. The van der Waals surface area contributed by atoms with Crippen LogP contribution in [0.2, 0.25) is 0 Å². The lowest BCUT2D eigenvalue weighted by Gasteiger charge is -2.06. The molecule has 0 bridgehead atoms. The van der Waals surface area contributed by atoms with Crippen LogP contribution < -0.4 is 11.4 Å². The maximum absolute atomic E-state index is 12.2. The SMILES string of the molecule is Nc1nc(=O)n(C(=O)c2ccccc2)cc1C=CCl. The molecule has 1 aromatic heterocycles. The molecule has 2 aromatic rings. The Morgan fingerprint density at radius 2 is 2.00 bits per heavy atom. The Morgan fingerprint density at radius 3 is 2.63 bits per heavy atom. The fraction of sp³-hybridized carbons (Fsp3) is 0. The van der Waals surface area contributed by atoms with Crippen LogP contribution in [-0.2, 0) is 0 Å². The van der Waals surface area contributed by atoms with E-state index < -0.39 is 11.6 Å². The van der Waals surface area contributed by atoms with Crippen molar-refractivity contribution in [3.63, 3.8) is 0 Å². The van der Waals surface area contributed by atoms with Crippen molar-refractivity contribution in [2.75, 3.05) is 5.73 Å². The lowest BCUT2D eigenvalue weighted by Crippen LogP contribution is -2.30. The average molecular weight is 276 g/mol. The zero-order valence-electron chi connectivity index (χ0n) is 9.79. The van der Waals surface area contributed by atoms with E-state index in [0.29, 0.717) is 11.1 Å². The van der Waals surface area contributed by atoms with Crippen molar-refractivity contribution in [1.82, 2.24) is 9.55 Å². The molecule has 6 heteroatoms. The van der Waals surface area contributed by atoms with Crippen LogP contribution in [-0.4, -0.2) is 15.5 Å². The Bertz CT molecular complexity index is 693. The Balaban J connectivity index is 2.54. The minimum absolute atomic E-state index is 0.0269. The van der Waals surface area contributed by atoms with Crippen LogP contribution in [0.1, 0.15) is 15.9 Å². The second-order valence-corrected chi connectivity index (χ2v) is 3.95. The Kier molecular flexibility index (Phi) is 3.77. The highest BCUT2D eigenvalue weighted by molar-refractivity contribution is 6.27. The van der Waals surface area contributed by atoms with Crippen LogP contribution in [0.4, 0.5) is 5.82 Å². The number of halogens is 1. The summed E-state index contributed by atoms with van der Waals surface area (Å²) in [5.41, 5.74) is 6.86. The fourth-order valence-corrected chi connectivity index (χ4v) is 1.68. The van der Waals surface area contributed by atoms with Gasteiger partial charge in [-0.05, 0) is 18.2 Å². The Labute approximate surface area is 114 Å². The van der Waals surface area contributed by atoms with Gasteiger partial charge >= 0.3 is 5.69 Å². The molecule has 19 heavy (non-hydrogen) atoms. The van der Waals surface area contributed by atoms with E-state index in [1.807, 2.05) is 0 Å². The molecule has 96 valence electrons. The minimum atomic E-state index is -0.724. The molecule has 0 unspecified atom stereocenters. The normalized spacial score (nSPS) is 10.8. The monoisotopic (exact) mass is 275 g/mol. The van der Waals surface area contributed by atoms with Gasteiger partial charge < -0.3 is 5.73 Å². The number of benzene rings is 1. The summed E-state index contributed by atoms with van der Waals surface area (Å²) in [5.74, 6) is -0.443. The highest BCUT2D eigenvalue weighted by Crippen LogP contribution is 2.09. The first kappa shape index (κ1) is 13.0. The summed E-state index contributed by atoms with van der Waals surface area (Å²) in [6.45, 7) is 0. The Hall–Kier alpha value is -2.40. The van der Waals surface area contributed by atoms with Crippen molar-refractivity contribution < 1.29 is 4.79 Å². The van der Waals surface area contributed by atoms with Crippen molar-refractivity contribution in [3.05, 3.63) is 63.7 Å². The zero-order chi connectivity index (χ0) is 13.8. The van der Waals surface area contributed by atoms with Crippen LogP contribution in [0.15, 0.2) is 46.9 Å². The molecule has 1 heterocycles. The maximum atomic E-state index is 12.2. The number of nitrogens with two attached hydrogens (primary N) is 1. The van der Waals surface area contributed by atoms with Gasteiger partial charge in [-0.15, -0.1) is 0 Å². The lowest BCUT2D eigenvalue weighted by atomic mass is 10.2. The first-order chi connectivity index (χ1) is 9.13. The van der Waals surface area contributed by atoms with Gasteiger partial charge in [-0.25, -0.2) is 9.36 Å². The number of hydrogen-bond acceptors (Lipinski definition) is 4. The molecule has 0 atom stereocenters. The molecular formula is C13H10ClN3O2. The molecule has 2 N–H and O–H groups in total. The highest BCUT2D eigenvalue weighted by atomic mass is 35.5. The van der Waals surface area contributed by atoms with Gasteiger partial charge in [0.2, 0.25) is 0 Å². The number of hydrogen-bond donors (Lipinski definition) is 1.